The lowest BCUT2D eigenvalue weighted by Gasteiger charge is -2.07. The van der Waals surface area contributed by atoms with Crippen LogP contribution in [0.25, 0.3) is 10.9 Å². The van der Waals surface area contributed by atoms with E-state index in [-0.39, 0.29) is 25.3 Å². The van der Waals surface area contributed by atoms with E-state index < -0.39 is 5.97 Å². The summed E-state index contributed by atoms with van der Waals surface area (Å²) in [7, 11) is 0. The maximum atomic E-state index is 10.6. The molecule has 0 radical (unpaired) electrons. The molecule has 0 aliphatic carbocycles. The number of benzene rings is 1. The van der Waals surface area contributed by atoms with Crippen LogP contribution in [0.15, 0.2) is 24.3 Å². The van der Waals surface area contributed by atoms with Crippen LogP contribution in [0.1, 0.15) is 12.1 Å². The first-order chi connectivity index (χ1) is 8.13. The largest absolute Gasteiger partial charge is 0.507 e. The lowest BCUT2D eigenvalue weighted by Crippen LogP contribution is -2.07. The molecular formula is C12H13NO4. The van der Waals surface area contributed by atoms with Gasteiger partial charge < -0.3 is 19.9 Å². The average Bonchev–Trinajstić information content (AvgIpc) is 2.66. The molecular weight excluding hydrogens is 222 g/mol. The Hall–Kier alpha value is -2.01. The topological polar surface area (TPSA) is 82.7 Å². The fourth-order valence-electron chi connectivity index (χ4n) is 1.93. The summed E-state index contributed by atoms with van der Waals surface area (Å²) in [5.74, 6) is -0.762. The SMILES string of the molecule is O=C(O)CCn1c(CO)cc2c(O)cccc21. The van der Waals surface area contributed by atoms with Gasteiger partial charge in [-0.15, -0.1) is 0 Å². The van der Waals surface area contributed by atoms with Gasteiger partial charge >= 0.3 is 5.97 Å². The van der Waals surface area contributed by atoms with E-state index in [9.17, 15) is 15.0 Å². The number of fused-ring (bicyclic) bond motifs is 1. The molecule has 0 saturated carbocycles. The quantitative estimate of drug-likeness (QED) is 0.746. The number of carboxylic acids is 1. The number of carboxylic acid groups (broad SMARTS) is 1. The van der Waals surface area contributed by atoms with Gasteiger partial charge in [-0.1, -0.05) is 6.07 Å². The first-order valence-electron chi connectivity index (χ1n) is 5.26. The Balaban J connectivity index is 2.51. The van der Waals surface area contributed by atoms with Crippen molar-refractivity contribution in [1.29, 1.82) is 0 Å². The van der Waals surface area contributed by atoms with Gasteiger partial charge in [-0.3, -0.25) is 4.79 Å². The Morgan fingerprint density at radius 1 is 1.35 bits per heavy atom. The molecule has 0 fully saturated rings. The second-order valence-corrected chi connectivity index (χ2v) is 3.80. The number of carbonyl (C=O) groups is 1. The van der Waals surface area contributed by atoms with Crippen LogP contribution in [0.4, 0.5) is 0 Å². The second-order valence-electron chi connectivity index (χ2n) is 3.80. The molecule has 0 aliphatic rings. The van der Waals surface area contributed by atoms with Crippen molar-refractivity contribution in [1.82, 2.24) is 4.57 Å². The number of aryl methyl sites for hydroxylation is 1. The van der Waals surface area contributed by atoms with Gasteiger partial charge in [0.25, 0.3) is 0 Å². The molecule has 2 rings (SSSR count). The summed E-state index contributed by atoms with van der Waals surface area (Å²) in [6, 6.07) is 6.71. The number of phenolic OH excluding ortho intramolecular Hbond substituents is 1. The number of aromatic hydroxyl groups is 1. The second kappa shape index (κ2) is 4.47. The summed E-state index contributed by atoms with van der Waals surface area (Å²) in [6.07, 6.45) is -0.0214. The minimum Gasteiger partial charge on any atom is -0.507 e. The average molecular weight is 235 g/mol. The Kier molecular flexibility index (Phi) is 3.01. The molecule has 0 amide bonds. The molecule has 0 spiro atoms. The van der Waals surface area contributed by atoms with E-state index in [1.165, 1.54) is 0 Å². The highest BCUT2D eigenvalue weighted by Crippen LogP contribution is 2.28. The Labute approximate surface area is 97.5 Å². The van der Waals surface area contributed by atoms with Crippen molar-refractivity contribution in [3.63, 3.8) is 0 Å². The summed E-state index contributed by atoms with van der Waals surface area (Å²) in [6.45, 7) is 0.0892. The fraction of sp³-hybridized carbons (Fsp3) is 0.250. The van der Waals surface area contributed by atoms with Gasteiger partial charge in [-0.2, -0.15) is 0 Å². The minimum absolute atomic E-state index is 0.0214. The van der Waals surface area contributed by atoms with Gasteiger partial charge in [0.1, 0.15) is 5.75 Å². The minimum atomic E-state index is -0.893. The normalized spacial score (nSPS) is 10.9. The van der Waals surface area contributed by atoms with Crippen LogP contribution >= 0.6 is 0 Å². The van der Waals surface area contributed by atoms with Gasteiger partial charge in [-0.25, -0.2) is 0 Å². The molecule has 1 aromatic carbocycles. The fourth-order valence-corrected chi connectivity index (χ4v) is 1.93. The monoisotopic (exact) mass is 235 g/mol. The first-order valence-corrected chi connectivity index (χ1v) is 5.26. The van der Waals surface area contributed by atoms with Crippen LogP contribution in [0.3, 0.4) is 0 Å². The number of aliphatic carboxylic acids is 1. The Bertz CT molecular complexity index is 559. The number of aliphatic hydroxyl groups excluding tert-OH is 1. The van der Waals surface area contributed by atoms with Crippen molar-refractivity contribution in [2.24, 2.45) is 0 Å². The van der Waals surface area contributed by atoms with Crippen molar-refractivity contribution in [3.8, 4) is 5.75 Å². The predicted octanol–water partition coefficient (Wildman–Crippen LogP) is 1.31. The summed E-state index contributed by atoms with van der Waals surface area (Å²) in [4.78, 5) is 10.6. The highest BCUT2D eigenvalue weighted by Gasteiger charge is 2.11. The van der Waals surface area contributed by atoms with E-state index >= 15 is 0 Å². The van der Waals surface area contributed by atoms with Crippen LogP contribution in [0.2, 0.25) is 0 Å². The van der Waals surface area contributed by atoms with Crippen molar-refractivity contribution in [2.45, 2.75) is 19.6 Å². The molecule has 90 valence electrons. The molecule has 17 heavy (non-hydrogen) atoms. The number of aliphatic hydroxyl groups is 1. The number of nitrogens with zero attached hydrogens (tertiary/aromatic N) is 1. The third-order valence-electron chi connectivity index (χ3n) is 2.72. The van der Waals surface area contributed by atoms with E-state index in [0.717, 1.165) is 5.52 Å². The van der Waals surface area contributed by atoms with E-state index in [2.05, 4.69) is 0 Å². The summed E-state index contributed by atoms with van der Waals surface area (Å²) in [5, 5.41) is 28.2. The van der Waals surface area contributed by atoms with Gasteiger partial charge in [0.05, 0.1) is 18.5 Å². The molecule has 0 saturated heterocycles. The third-order valence-corrected chi connectivity index (χ3v) is 2.72. The molecule has 5 nitrogen and oxygen atoms in total. The van der Waals surface area contributed by atoms with Gasteiger partial charge in [-0.05, 0) is 18.2 Å². The molecule has 5 heteroatoms. The summed E-state index contributed by atoms with van der Waals surface area (Å²) < 4.78 is 1.71. The lowest BCUT2D eigenvalue weighted by molar-refractivity contribution is -0.137. The van der Waals surface area contributed by atoms with E-state index in [0.29, 0.717) is 11.1 Å². The zero-order valence-corrected chi connectivity index (χ0v) is 9.13. The van der Waals surface area contributed by atoms with Crippen LogP contribution in [0.5, 0.6) is 5.75 Å². The van der Waals surface area contributed by atoms with Crippen molar-refractivity contribution < 1.29 is 20.1 Å². The molecule has 0 atom stereocenters. The standard InChI is InChI=1S/C12H13NO4/c14-7-8-6-9-10(2-1-3-11(9)15)13(8)5-4-12(16)17/h1-3,6,14-15H,4-5,7H2,(H,16,17). The van der Waals surface area contributed by atoms with E-state index in [4.69, 9.17) is 5.11 Å². The third kappa shape index (κ3) is 2.09. The highest BCUT2D eigenvalue weighted by atomic mass is 16.4. The van der Waals surface area contributed by atoms with Gasteiger partial charge in [0, 0.05) is 17.6 Å². The molecule has 0 unspecified atom stereocenters. The molecule has 2 aromatic rings. The van der Waals surface area contributed by atoms with Crippen LogP contribution in [-0.2, 0) is 17.9 Å². The number of phenols is 1. The maximum absolute atomic E-state index is 10.6. The number of rotatable bonds is 4. The summed E-state index contributed by atoms with van der Waals surface area (Å²) in [5.41, 5.74) is 1.33. The van der Waals surface area contributed by atoms with Gasteiger partial charge in [0.2, 0.25) is 0 Å². The van der Waals surface area contributed by atoms with Gasteiger partial charge in [0.15, 0.2) is 0 Å². The Morgan fingerprint density at radius 3 is 2.76 bits per heavy atom. The zero-order valence-electron chi connectivity index (χ0n) is 9.13. The molecule has 1 aromatic heterocycles. The number of hydrogen-bond donors (Lipinski definition) is 3. The van der Waals surface area contributed by atoms with Crippen molar-refractivity contribution in [2.75, 3.05) is 0 Å². The smallest absolute Gasteiger partial charge is 0.305 e. The summed E-state index contributed by atoms with van der Waals surface area (Å²) >= 11 is 0. The highest BCUT2D eigenvalue weighted by molar-refractivity contribution is 5.87. The number of aromatic nitrogens is 1. The first kappa shape index (κ1) is 11.5. The Morgan fingerprint density at radius 2 is 2.12 bits per heavy atom. The molecule has 0 bridgehead atoms. The van der Waals surface area contributed by atoms with Crippen molar-refractivity contribution in [3.05, 3.63) is 30.0 Å². The van der Waals surface area contributed by atoms with E-state index in [1.54, 1.807) is 28.8 Å². The number of hydrogen-bond acceptors (Lipinski definition) is 3. The van der Waals surface area contributed by atoms with E-state index in [1.807, 2.05) is 0 Å². The maximum Gasteiger partial charge on any atom is 0.305 e. The van der Waals surface area contributed by atoms with Crippen LogP contribution in [-0.4, -0.2) is 25.9 Å². The zero-order chi connectivity index (χ0) is 12.4. The van der Waals surface area contributed by atoms with Crippen molar-refractivity contribution >= 4 is 16.9 Å². The molecule has 0 aliphatic heterocycles. The molecule has 3 N–H and O–H groups in total. The van der Waals surface area contributed by atoms with Crippen LogP contribution in [0, 0.1) is 0 Å². The molecule has 1 heterocycles. The van der Waals surface area contributed by atoms with Crippen LogP contribution < -0.4 is 0 Å². The lowest BCUT2D eigenvalue weighted by atomic mass is 10.2. The predicted molar refractivity (Wildman–Crippen MR) is 61.8 cm³/mol.